The molecule has 1 aliphatic heterocycles. The lowest BCUT2D eigenvalue weighted by Crippen LogP contribution is -2.43. The van der Waals surface area contributed by atoms with E-state index < -0.39 is 11.6 Å². The Labute approximate surface area is 117 Å². The van der Waals surface area contributed by atoms with Crippen molar-refractivity contribution in [2.75, 3.05) is 5.73 Å². The van der Waals surface area contributed by atoms with Crippen molar-refractivity contribution in [2.45, 2.75) is 52.7 Å². The maximum atomic E-state index is 11.5. The normalized spacial score (nSPS) is 22.1. The summed E-state index contributed by atoms with van der Waals surface area (Å²) in [6.45, 7) is 10.8. The quantitative estimate of drug-likeness (QED) is 0.827. The standard InChI is InChI=1S/C14H21NO3S/c1-13(2,3)10-8-7(6-18-14(10,4)5)19-11(15)9(8)12(16)17/h10H,6,15H2,1-5H3,(H,16,17). The van der Waals surface area contributed by atoms with Gasteiger partial charge in [-0.05, 0) is 24.8 Å². The number of thiophene rings is 1. The Kier molecular flexibility index (Phi) is 3.18. The summed E-state index contributed by atoms with van der Waals surface area (Å²) in [5.41, 5.74) is 6.55. The van der Waals surface area contributed by atoms with Crippen LogP contribution in [0.1, 0.15) is 61.3 Å². The van der Waals surface area contributed by atoms with Crippen molar-refractivity contribution in [3.63, 3.8) is 0 Å². The minimum absolute atomic E-state index is 0.00315. The van der Waals surface area contributed by atoms with Crippen LogP contribution in [0.2, 0.25) is 0 Å². The molecule has 1 aromatic heterocycles. The first-order valence-corrected chi connectivity index (χ1v) is 7.15. The lowest BCUT2D eigenvalue weighted by Gasteiger charge is -2.46. The van der Waals surface area contributed by atoms with Gasteiger partial charge in [0.25, 0.3) is 0 Å². The Bertz CT molecular complexity index is 526. The highest BCUT2D eigenvalue weighted by molar-refractivity contribution is 7.16. The molecule has 0 radical (unpaired) electrons. The molecular weight excluding hydrogens is 262 g/mol. The minimum Gasteiger partial charge on any atom is -0.478 e. The average molecular weight is 283 g/mol. The zero-order valence-corrected chi connectivity index (χ0v) is 12.9. The molecule has 3 N–H and O–H groups in total. The molecule has 0 aliphatic carbocycles. The first-order chi connectivity index (χ1) is 8.55. The monoisotopic (exact) mass is 283 g/mol. The van der Waals surface area contributed by atoms with Crippen LogP contribution in [-0.2, 0) is 11.3 Å². The third-order valence-electron chi connectivity index (χ3n) is 3.69. The summed E-state index contributed by atoms with van der Waals surface area (Å²) < 4.78 is 5.94. The topological polar surface area (TPSA) is 72.6 Å². The van der Waals surface area contributed by atoms with E-state index >= 15 is 0 Å². The summed E-state index contributed by atoms with van der Waals surface area (Å²) in [5, 5.41) is 9.83. The molecule has 0 amide bonds. The van der Waals surface area contributed by atoms with Crippen LogP contribution in [0.4, 0.5) is 5.00 Å². The van der Waals surface area contributed by atoms with Crippen molar-refractivity contribution >= 4 is 22.3 Å². The van der Waals surface area contributed by atoms with E-state index in [1.54, 1.807) is 0 Å². The smallest absolute Gasteiger partial charge is 0.338 e. The van der Waals surface area contributed by atoms with Crippen LogP contribution in [0.3, 0.4) is 0 Å². The number of hydrogen-bond acceptors (Lipinski definition) is 4. The number of rotatable bonds is 1. The lowest BCUT2D eigenvalue weighted by molar-refractivity contribution is -0.0843. The molecule has 5 heteroatoms. The van der Waals surface area contributed by atoms with Crippen molar-refractivity contribution in [3.05, 3.63) is 16.0 Å². The molecule has 1 aromatic rings. The highest BCUT2D eigenvalue weighted by atomic mass is 32.1. The van der Waals surface area contributed by atoms with E-state index in [9.17, 15) is 9.90 Å². The van der Waals surface area contributed by atoms with Gasteiger partial charge in [-0.25, -0.2) is 4.79 Å². The number of carboxylic acids is 1. The molecule has 2 rings (SSSR count). The highest BCUT2D eigenvalue weighted by Gasteiger charge is 2.47. The second kappa shape index (κ2) is 4.21. The second-order valence-corrected chi connectivity index (χ2v) is 7.81. The van der Waals surface area contributed by atoms with E-state index in [-0.39, 0.29) is 16.9 Å². The number of carboxylic acid groups (broad SMARTS) is 1. The van der Waals surface area contributed by atoms with Crippen LogP contribution < -0.4 is 5.73 Å². The maximum absolute atomic E-state index is 11.5. The average Bonchev–Trinajstić information content (AvgIpc) is 2.50. The van der Waals surface area contributed by atoms with Gasteiger partial charge in [-0.2, -0.15) is 0 Å². The van der Waals surface area contributed by atoms with Gasteiger partial charge in [0, 0.05) is 10.8 Å². The summed E-state index contributed by atoms with van der Waals surface area (Å²) in [4.78, 5) is 12.5. The fourth-order valence-electron chi connectivity index (χ4n) is 3.30. The zero-order valence-electron chi connectivity index (χ0n) is 12.0. The van der Waals surface area contributed by atoms with E-state index in [4.69, 9.17) is 10.5 Å². The van der Waals surface area contributed by atoms with Gasteiger partial charge < -0.3 is 15.6 Å². The van der Waals surface area contributed by atoms with Gasteiger partial charge in [0.2, 0.25) is 0 Å². The predicted molar refractivity (Wildman–Crippen MR) is 76.8 cm³/mol. The molecule has 0 fully saturated rings. The lowest BCUT2D eigenvalue weighted by atomic mass is 9.66. The molecular formula is C14H21NO3S. The highest BCUT2D eigenvalue weighted by Crippen LogP contribution is 2.53. The van der Waals surface area contributed by atoms with E-state index in [1.807, 2.05) is 13.8 Å². The molecule has 2 heterocycles. The number of fused-ring (bicyclic) bond motifs is 1. The number of ether oxygens (including phenoxy) is 1. The molecule has 106 valence electrons. The van der Waals surface area contributed by atoms with Gasteiger partial charge >= 0.3 is 5.97 Å². The maximum Gasteiger partial charge on any atom is 0.338 e. The first-order valence-electron chi connectivity index (χ1n) is 6.34. The Morgan fingerprint density at radius 3 is 2.53 bits per heavy atom. The molecule has 1 aliphatic rings. The number of hydrogen-bond donors (Lipinski definition) is 2. The second-order valence-electron chi connectivity index (χ2n) is 6.67. The van der Waals surface area contributed by atoms with Gasteiger partial charge in [0.05, 0.1) is 17.8 Å². The number of aromatic carboxylic acids is 1. The van der Waals surface area contributed by atoms with Crippen LogP contribution >= 0.6 is 11.3 Å². The number of anilines is 1. The van der Waals surface area contributed by atoms with Crippen LogP contribution in [0.5, 0.6) is 0 Å². The largest absolute Gasteiger partial charge is 0.478 e. The predicted octanol–water partition coefficient (Wildman–Crippen LogP) is 3.47. The van der Waals surface area contributed by atoms with Gasteiger partial charge in [0.1, 0.15) is 5.00 Å². The van der Waals surface area contributed by atoms with Gasteiger partial charge in [-0.3, -0.25) is 0 Å². The summed E-state index contributed by atoms with van der Waals surface area (Å²) in [7, 11) is 0. The summed E-state index contributed by atoms with van der Waals surface area (Å²) in [6.07, 6.45) is 0. The number of carbonyl (C=O) groups is 1. The number of nitrogens with two attached hydrogens (primary N) is 1. The number of nitrogen functional groups attached to an aromatic ring is 1. The van der Waals surface area contributed by atoms with E-state index in [0.717, 1.165) is 10.4 Å². The third-order valence-corrected chi connectivity index (χ3v) is 4.70. The minimum atomic E-state index is -0.943. The Morgan fingerprint density at radius 1 is 1.47 bits per heavy atom. The molecule has 19 heavy (non-hydrogen) atoms. The van der Waals surface area contributed by atoms with Gasteiger partial charge in [-0.1, -0.05) is 20.8 Å². The van der Waals surface area contributed by atoms with Crippen molar-refractivity contribution in [1.82, 2.24) is 0 Å². The zero-order chi connectivity index (χ0) is 14.6. The summed E-state index contributed by atoms with van der Waals surface area (Å²) >= 11 is 1.34. The molecule has 4 nitrogen and oxygen atoms in total. The fourth-order valence-corrected chi connectivity index (χ4v) is 4.31. The van der Waals surface area contributed by atoms with Gasteiger partial charge in [-0.15, -0.1) is 11.3 Å². The molecule has 0 bridgehead atoms. The van der Waals surface area contributed by atoms with Crippen molar-refractivity contribution in [2.24, 2.45) is 5.41 Å². The Morgan fingerprint density at radius 2 is 2.05 bits per heavy atom. The van der Waals surface area contributed by atoms with E-state index in [2.05, 4.69) is 20.8 Å². The third kappa shape index (κ3) is 2.25. The first kappa shape index (κ1) is 14.3. The van der Waals surface area contributed by atoms with E-state index in [1.165, 1.54) is 11.3 Å². The summed E-state index contributed by atoms with van der Waals surface area (Å²) in [5.74, 6) is -0.939. The van der Waals surface area contributed by atoms with E-state index in [0.29, 0.717) is 11.6 Å². The Hall–Kier alpha value is -1.07. The van der Waals surface area contributed by atoms with Crippen molar-refractivity contribution < 1.29 is 14.6 Å². The molecule has 0 spiro atoms. The molecule has 0 aromatic carbocycles. The molecule has 0 saturated heterocycles. The van der Waals surface area contributed by atoms with Crippen molar-refractivity contribution in [1.29, 1.82) is 0 Å². The SMILES string of the molecule is CC(C)(C)C1c2c(sc(N)c2C(=O)O)COC1(C)C. The molecule has 1 atom stereocenters. The van der Waals surface area contributed by atoms with Crippen LogP contribution in [0, 0.1) is 5.41 Å². The molecule has 1 unspecified atom stereocenters. The fraction of sp³-hybridized carbons (Fsp3) is 0.643. The van der Waals surface area contributed by atoms with Crippen LogP contribution in [0.25, 0.3) is 0 Å². The Balaban J connectivity index is 2.71. The van der Waals surface area contributed by atoms with Crippen LogP contribution in [0.15, 0.2) is 0 Å². The summed E-state index contributed by atoms with van der Waals surface area (Å²) in [6, 6.07) is 0. The van der Waals surface area contributed by atoms with Gasteiger partial charge in [0.15, 0.2) is 0 Å². The molecule has 0 saturated carbocycles. The van der Waals surface area contributed by atoms with Crippen molar-refractivity contribution in [3.8, 4) is 0 Å². The van der Waals surface area contributed by atoms with Crippen LogP contribution in [-0.4, -0.2) is 16.7 Å².